The Morgan fingerprint density at radius 3 is 2.11 bits per heavy atom. The molecule has 0 spiro atoms. The number of piperazine rings is 1. The Hall–Kier alpha value is -1.31. The second-order valence-corrected chi connectivity index (χ2v) is 6.76. The summed E-state index contributed by atoms with van der Waals surface area (Å²) >= 11 is 0. The molecule has 0 amide bonds. The molecular formula is C19H25N6OY-. The van der Waals surface area contributed by atoms with Gasteiger partial charge in [0.2, 0.25) is 11.9 Å². The van der Waals surface area contributed by atoms with Crippen molar-refractivity contribution in [2.24, 2.45) is 0 Å². The standard InChI is InChI=1S/C19H25N6O.Y/c1-15-21-18(23-19(22-15)25-13-9-20-10-14-25)24-11-7-17(8-12-24)26-16-5-3-2-4-6-16;/h2-6,17H,7-14H2,1H3;/q-1;. The molecule has 2 saturated heterocycles. The van der Waals surface area contributed by atoms with Crippen LogP contribution in [0.5, 0.6) is 5.75 Å². The largest absolute Gasteiger partial charge is 0.659 e. The maximum atomic E-state index is 6.08. The Kier molecular flexibility index (Phi) is 7.38. The Morgan fingerprint density at radius 2 is 1.48 bits per heavy atom. The van der Waals surface area contributed by atoms with E-state index in [-0.39, 0.29) is 38.8 Å². The van der Waals surface area contributed by atoms with Gasteiger partial charge in [-0.15, -0.1) is 13.1 Å². The zero-order valence-corrected chi connectivity index (χ0v) is 18.6. The molecule has 0 atom stereocenters. The van der Waals surface area contributed by atoms with Crippen LogP contribution in [0.1, 0.15) is 18.7 Å². The Labute approximate surface area is 185 Å². The monoisotopic (exact) mass is 442 g/mol. The molecular weight excluding hydrogens is 417 g/mol. The summed E-state index contributed by atoms with van der Waals surface area (Å²) in [5.74, 6) is 3.29. The zero-order chi connectivity index (χ0) is 17.8. The van der Waals surface area contributed by atoms with E-state index >= 15 is 0 Å². The third-order valence-electron chi connectivity index (χ3n) is 4.83. The van der Waals surface area contributed by atoms with Gasteiger partial charge in [-0.25, -0.2) is 0 Å². The van der Waals surface area contributed by atoms with E-state index in [1.165, 1.54) is 0 Å². The number of ether oxygens (including phenoxy) is 1. The fourth-order valence-corrected chi connectivity index (χ4v) is 3.41. The third kappa shape index (κ3) is 5.36. The van der Waals surface area contributed by atoms with Crippen molar-refractivity contribution >= 4 is 11.9 Å². The van der Waals surface area contributed by atoms with Gasteiger partial charge in [0.05, 0.1) is 0 Å². The number of aromatic nitrogens is 3. The molecule has 2 aliphatic heterocycles. The number of benzene rings is 1. The number of nitrogens with zero attached hydrogens (tertiary/aromatic N) is 6. The number of hydrogen-bond acceptors (Lipinski definition) is 6. The van der Waals surface area contributed by atoms with Gasteiger partial charge in [0.1, 0.15) is 17.7 Å². The summed E-state index contributed by atoms with van der Waals surface area (Å²) in [4.78, 5) is 18.3. The zero-order valence-electron chi connectivity index (χ0n) is 15.8. The van der Waals surface area contributed by atoms with Crippen LogP contribution in [0.2, 0.25) is 0 Å². The van der Waals surface area contributed by atoms with Gasteiger partial charge in [-0.1, -0.05) is 18.2 Å². The van der Waals surface area contributed by atoms with Crippen LogP contribution in [0.15, 0.2) is 30.3 Å². The van der Waals surface area contributed by atoms with Crippen molar-refractivity contribution in [3.8, 4) is 5.75 Å². The molecule has 0 unspecified atom stereocenters. The predicted octanol–water partition coefficient (Wildman–Crippen LogP) is 2.42. The van der Waals surface area contributed by atoms with Crippen LogP contribution in [-0.2, 0) is 32.7 Å². The molecule has 27 heavy (non-hydrogen) atoms. The smallest absolute Gasteiger partial charge is 0.230 e. The number of rotatable bonds is 4. The molecule has 2 aromatic rings. The van der Waals surface area contributed by atoms with Gasteiger partial charge in [-0.2, -0.15) is 15.0 Å². The van der Waals surface area contributed by atoms with Crippen LogP contribution in [-0.4, -0.2) is 60.3 Å². The number of para-hydroxylation sites is 1. The summed E-state index contributed by atoms with van der Waals surface area (Å²) in [5, 5.41) is 4.39. The van der Waals surface area contributed by atoms with Gasteiger partial charge >= 0.3 is 0 Å². The van der Waals surface area contributed by atoms with E-state index in [0.717, 1.165) is 75.6 Å². The van der Waals surface area contributed by atoms with Gasteiger partial charge in [-0.3, -0.25) is 0 Å². The van der Waals surface area contributed by atoms with E-state index in [4.69, 9.17) is 9.72 Å². The van der Waals surface area contributed by atoms with E-state index in [1.807, 2.05) is 37.3 Å². The van der Waals surface area contributed by atoms with Crippen molar-refractivity contribution in [1.29, 1.82) is 0 Å². The molecule has 0 bridgehead atoms. The number of aryl methyl sites for hydroxylation is 1. The molecule has 141 valence electrons. The van der Waals surface area contributed by atoms with Crippen molar-refractivity contribution < 1.29 is 37.4 Å². The predicted molar refractivity (Wildman–Crippen MR) is 102 cm³/mol. The van der Waals surface area contributed by atoms with Crippen LogP contribution in [0.25, 0.3) is 5.32 Å². The first kappa shape index (κ1) is 20.4. The molecule has 2 fully saturated rings. The van der Waals surface area contributed by atoms with Crippen LogP contribution in [0.4, 0.5) is 11.9 Å². The first-order chi connectivity index (χ1) is 12.8. The maximum Gasteiger partial charge on any atom is 0.230 e. The number of piperidine rings is 1. The van der Waals surface area contributed by atoms with Crippen LogP contribution in [0, 0.1) is 6.92 Å². The molecule has 7 nitrogen and oxygen atoms in total. The summed E-state index contributed by atoms with van der Waals surface area (Å²) in [7, 11) is 0. The third-order valence-corrected chi connectivity index (χ3v) is 4.83. The van der Waals surface area contributed by atoms with Crippen molar-refractivity contribution in [1.82, 2.24) is 15.0 Å². The van der Waals surface area contributed by atoms with E-state index in [0.29, 0.717) is 0 Å². The molecule has 1 radical (unpaired) electrons. The topological polar surface area (TPSA) is 68.5 Å². The number of anilines is 2. The van der Waals surface area contributed by atoms with Gasteiger partial charge in [0, 0.05) is 71.7 Å². The molecule has 2 aliphatic rings. The minimum Gasteiger partial charge on any atom is -0.659 e. The molecule has 8 heteroatoms. The average Bonchev–Trinajstić information content (AvgIpc) is 2.70. The van der Waals surface area contributed by atoms with Gasteiger partial charge in [0.25, 0.3) is 0 Å². The first-order valence-corrected chi connectivity index (χ1v) is 9.35. The molecule has 3 heterocycles. The molecule has 0 N–H and O–H groups in total. The quantitative estimate of drug-likeness (QED) is 0.725. The van der Waals surface area contributed by atoms with Crippen LogP contribution < -0.4 is 14.5 Å². The van der Waals surface area contributed by atoms with E-state index in [9.17, 15) is 0 Å². The van der Waals surface area contributed by atoms with Crippen molar-refractivity contribution in [3.05, 3.63) is 41.5 Å². The minimum absolute atomic E-state index is 0. The SMILES string of the molecule is Cc1nc(N2CC[N-]CC2)nc(N2CCC(Oc3ccccc3)CC2)n1.[Y]. The normalized spacial score (nSPS) is 18.1. The maximum absolute atomic E-state index is 6.08. The second kappa shape index (κ2) is 9.76. The van der Waals surface area contributed by atoms with Gasteiger partial charge < -0.3 is 19.9 Å². The summed E-state index contributed by atoms with van der Waals surface area (Å²) < 4.78 is 6.08. The van der Waals surface area contributed by atoms with Crippen LogP contribution >= 0.6 is 0 Å². The summed E-state index contributed by atoms with van der Waals surface area (Å²) in [6.45, 7) is 7.20. The van der Waals surface area contributed by atoms with E-state index in [1.54, 1.807) is 0 Å². The van der Waals surface area contributed by atoms with E-state index in [2.05, 4.69) is 25.1 Å². The van der Waals surface area contributed by atoms with Crippen molar-refractivity contribution in [2.75, 3.05) is 49.1 Å². The molecule has 0 aliphatic carbocycles. The fraction of sp³-hybridized carbons (Fsp3) is 0.526. The molecule has 1 aromatic carbocycles. The fourth-order valence-electron chi connectivity index (χ4n) is 3.41. The summed E-state index contributed by atoms with van der Waals surface area (Å²) in [5.41, 5.74) is 0. The molecule has 0 saturated carbocycles. The Bertz CT molecular complexity index is 717. The van der Waals surface area contributed by atoms with E-state index < -0.39 is 0 Å². The van der Waals surface area contributed by atoms with Crippen LogP contribution in [0.3, 0.4) is 0 Å². The minimum atomic E-state index is 0. The molecule has 1 aromatic heterocycles. The number of hydrogen-bond donors (Lipinski definition) is 0. The Morgan fingerprint density at radius 1 is 0.889 bits per heavy atom. The molecule has 4 rings (SSSR count). The van der Waals surface area contributed by atoms with Gasteiger partial charge in [0.15, 0.2) is 0 Å². The summed E-state index contributed by atoms with van der Waals surface area (Å²) in [6, 6.07) is 10.0. The first-order valence-electron chi connectivity index (χ1n) is 9.35. The van der Waals surface area contributed by atoms with Crippen molar-refractivity contribution in [2.45, 2.75) is 25.9 Å². The Balaban J connectivity index is 0.00000210. The summed E-state index contributed by atoms with van der Waals surface area (Å²) in [6.07, 6.45) is 2.19. The second-order valence-electron chi connectivity index (χ2n) is 6.76. The average molecular weight is 442 g/mol. The van der Waals surface area contributed by atoms with Crippen molar-refractivity contribution in [3.63, 3.8) is 0 Å². The van der Waals surface area contributed by atoms with Gasteiger partial charge in [-0.05, 0) is 19.1 Å².